The van der Waals surface area contributed by atoms with Gasteiger partial charge in [0.1, 0.15) is 31.2 Å². The number of carbonyl (C=O) groups excluding carboxylic acids is 2. The van der Waals surface area contributed by atoms with E-state index >= 15 is 0 Å². The van der Waals surface area contributed by atoms with E-state index in [0.717, 1.165) is 16.7 Å². The Morgan fingerprint density at radius 3 is 1.71 bits per heavy atom. The van der Waals surface area contributed by atoms with E-state index in [1.54, 1.807) is 42.5 Å². The number of ether oxygens (including phenoxy) is 3. The molecule has 1 aliphatic heterocycles. The number of phenolic OH excluding ortho intramolecular Hbond substituents is 1. The third kappa shape index (κ3) is 8.31. The summed E-state index contributed by atoms with van der Waals surface area (Å²) in [6.07, 6.45) is -6.68. The van der Waals surface area contributed by atoms with Gasteiger partial charge in [0.2, 0.25) is 11.7 Å². The van der Waals surface area contributed by atoms with E-state index in [1.807, 2.05) is 60.7 Å². The number of hydrogen-bond donors (Lipinski definition) is 1. The van der Waals surface area contributed by atoms with Gasteiger partial charge in [-0.15, -0.1) is 0 Å². The molecule has 0 aliphatic carbocycles. The van der Waals surface area contributed by atoms with Gasteiger partial charge in [0, 0.05) is 18.5 Å². The summed E-state index contributed by atoms with van der Waals surface area (Å²) in [4.78, 5) is 29.8. The van der Waals surface area contributed by atoms with Crippen LogP contribution in [-0.4, -0.2) is 52.6 Å². The molecule has 2 atom stereocenters. The molecule has 8 nitrogen and oxygen atoms in total. The van der Waals surface area contributed by atoms with E-state index in [2.05, 4.69) is 0 Å². The molecular formula is C41H37F3N2O6. The highest BCUT2D eigenvalue weighted by Crippen LogP contribution is 2.46. The van der Waals surface area contributed by atoms with Crippen molar-refractivity contribution in [1.29, 1.82) is 0 Å². The third-order valence-corrected chi connectivity index (χ3v) is 8.81. The topological polar surface area (TPSA) is 88.5 Å². The van der Waals surface area contributed by atoms with Crippen LogP contribution in [0.2, 0.25) is 0 Å². The summed E-state index contributed by atoms with van der Waals surface area (Å²) in [6.45, 7) is 0.150. The Labute approximate surface area is 299 Å². The molecule has 0 spiro atoms. The summed E-state index contributed by atoms with van der Waals surface area (Å²) in [5.41, 5.74) is 3.14. The van der Waals surface area contributed by atoms with Gasteiger partial charge >= 0.3 is 12.1 Å². The number of halogens is 3. The van der Waals surface area contributed by atoms with Gasteiger partial charge in [0.15, 0.2) is 11.5 Å². The minimum Gasteiger partial charge on any atom is -0.508 e. The second-order valence-corrected chi connectivity index (χ2v) is 12.3. The second-order valence-electron chi connectivity index (χ2n) is 12.3. The number of alkyl halides is 3. The van der Waals surface area contributed by atoms with Crippen LogP contribution in [0.1, 0.15) is 34.0 Å². The smallest absolute Gasteiger partial charge is 0.471 e. The van der Waals surface area contributed by atoms with Crippen molar-refractivity contribution in [1.82, 2.24) is 9.80 Å². The number of rotatable bonds is 13. The number of nitrogens with zero attached hydrogens (tertiary/aromatic N) is 2. The molecular weight excluding hydrogens is 673 g/mol. The van der Waals surface area contributed by atoms with Gasteiger partial charge in [-0.2, -0.15) is 13.2 Å². The molecule has 1 N–H and O–H groups in total. The van der Waals surface area contributed by atoms with Crippen LogP contribution in [0.5, 0.6) is 23.0 Å². The van der Waals surface area contributed by atoms with Crippen LogP contribution in [0.4, 0.5) is 13.2 Å². The van der Waals surface area contributed by atoms with E-state index in [9.17, 15) is 27.9 Å². The first-order valence-electron chi connectivity index (χ1n) is 16.7. The van der Waals surface area contributed by atoms with Crippen molar-refractivity contribution >= 4 is 11.8 Å². The maximum Gasteiger partial charge on any atom is 0.471 e. The average molecular weight is 711 g/mol. The number of aromatic hydroxyl groups is 1. The number of amides is 2. The Morgan fingerprint density at radius 1 is 0.731 bits per heavy atom. The van der Waals surface area contributed by atoms with Gasteiger partial charge in [0.25, 0.3) is 0 Å². The summed E-state index contributed by atoms with van der Waals surface area (Å²) in [7, 11) is 1.43. The highest BCUT2D eigenvalue weighted by Gasteiger charge is 2.56. The third-order valence-electron chi connectivity index (χ3n) is 8.81. The molecule has 6 rings (SSSR count). The Morgan fingerprint density at radius 2 is 1.23 bits per heavy atom. The zero-order valence-electron chi connectivity index (χ0n) is 28.3. The van der Waals surface area contributed by atoms with Crippen LogP contribution in [0.3, 0.4) is 0 Å². The highest BCUT2D eigenvalue weighted by molar-refractivity contribution is 5.94. The van der Waals surface area contributed by atoms with Crippen LogP contribution in [0.15, 0.2) is 127 Å². The molecule has 52 heavy (non-hydrogen) atoms. The van der Waals surface area contributed by atoms with Crippen molar-refractivity contribution in [3.8, 4) is 23.0 Å². The Balaban J connectivity index is 1.48. The lowest BCUT2D eigenvalue weighted by Gasteiger charge is -2.33. The number of phenols is 1. The van der Waals surface area contributed by atoms with Crippen LogP contribution in [0.25, 0.3) is 0 Å². The van der Waals surface area contributed by atoms with Gasteiger partial charge in [-0.3, -0.25) is 14.5 Å². The van der Waals surface area contributed by atoms with Gasteiger partial charge in [-0.05, 0) is 52.9 Å². The zero-order chi connectivity index (χ0) is 36.7. The molecule has 5 aromatic rings. The lowest BCUT2D eigenvalue weighted by atomic mass is 10.0. The molecule has 5 aromatic carbocycles. The standard InChI is InChI=1S/C41H37F3N2O6/c1-50-37-35(51-26-30-13-7-3-8-14-30)24-32(25-36(37)52-27-31-15-9-4-10-16-31)38-45(22-21-28-17-19-33(47)20-18-28)39(48)34(23-29-11-5-2-6-12-29)46(38)40(49)41(42,43)44/h2-20,24-25,34,38,47H,21-23,26-27H2,1H3/t34-,38+/m1/s1. The van der Waals surface area contributed by atoms with Crippen molar-refractivity contribution in [3.05, 3.63) is 155 Å². The van der Waals surface area contributed by atoms with Gasteiger partial charge < -0.3 is 24.2 Å². The first-order valence-corrected chi connectivity index (χ1v) is 16.7. The molecule has 2 amide bonds. The van der Waals surface area contributed by atoms with Gasteiger partial charge in [-0.25, -0.2) is 0 Å². The van der Waals surface area contributed by atoms with Crippen molar-refractivity contribution < 1.29 is 42.1 Å². The molecule has 1 saturated heterocycles. The van der Waals surface area contributed by atoms with E-state index in [0.29, 0.717) is 10.5 Å². The fraction of sp³-hybridized carbons (Fsp3) is 0.220. The second kappa shape index (κ2) is 15.9. The molecule has 11 heteroatoms. The van der Waals surface area contributed by atoms with Crippen molar-refractivity contribution in [2.45, 2.75) is 44.4 Å². The summed E-state index contributed by atoms with van der Waals surface area (Å²) < 4.78 is 61.8. The molecule has 1 heterocycles. The van der Waals surface area contributed by atoms with E-state index < -0.39 is 30.2 Å². The van der Waals surface area contributed by atoms with Crippen molar-refractivity contribution in [2.24, 2.45) is 0 Å². The monoisotopic (exact) mass is 710 g/mol. The summed E-state index contributed by atoms with van der Waals surface area (Å²) >= 11 is 0. The SMILES string of the molecule is COc1c(OCc2ccccc2)cc([C@H]2N(CCc3ccc(O)cc3)C(=O)[C@@H](Cc3ccccc3)N2C(=O)C(F)(F)F)cc1OCc1ccccc1. The molecule has 0 aromatic heterocycles. The predicted octanol–water partition coefficient (Wildman–Crippen LogP) is 7.64. The normalized spacial score (nSPS) is 15.8. The molecule has 268 valence electrons. The fourth-order valence-corrected chi connectivity index (χ4v) is 6.29. The Hall–Kier alpha value is -5.97. The minimum absolute atomic E-state index is 0.0341. The Bertz CT molecular complexity index is 1890. The summed E-state index contributed by atoms with van der Waals surface area (Å²) in [5.74, 6) is -2.22. The van der Waals surface area contributed by atoms with E-state index in [1.165, 1.54) is 36.3 Å². The number of carbonyl (C=O) groups is 2. The first-order chi connectivity index (χ1) is 25.1. The maximum absolute atomic E-state index is 14.5. The number of methoxy groups -OCH3 is 1. The van der Waals surface area contributed by atoms with Gasteiger partial charge in [0.05, 0.1) is 7.11 Å². The first kappa shape index (κ1) is 35.8. The summed E-state index contributed by atoms with van der Waals surface area (Å²) in [6, 6.07) is 35.1. The van der Waals surface area contributed by atoms with Crippen LogP contribution in [-0.2, 0) is 35.6 Å². The minimum atomic E-state index is -5.29. The maximum atomic E-state index is 14.5. The average Bonchev–Trinajstić information content (AvgIpc) is 3.42. The van der Waals surface area contributed by atoms with Crippen molar-refractivity contribution in [2.75, 3.05) is 13.7 Å². The fourth-order valence-electron chi connectivity index (χ4n) is 6.29. The predicted molar refractivity (Wildman–Crippen MR) is 188 cm³/mol. The molecule has 0 unspecified atom stereocenters. The van der Waals surface area contributed by atoms with Crippen molar-refractivity contribution in [3.63, 3.8) is 0 Å². The molecule has 1 aliphatic rings. The quantitative estimate of drug-likeness (QED) is 0.135. The van der Waals surface area contributed by atoms with Gasteiger partial charge in [-0.1, -0.05) is 103 Å². The molecule has 0 saturated carbocycles. The zero-order valence-corrected chi connectivity index (χ0v) is 28.3. The molecule has 0 bridgehead atoms. The van der Waals surface area contributed by atoms with E-state index in [4.69, 9.17) is 14.2 Å². The van der Waals surface area contributed by atoms with E-state index in [-0.39, 0.29) is 61.2 Å². The van der Waals surface area contributed by atoms with Crippen LogP contribution in [0, 0.1) is 0 Å². The van der Waals surface area contributed by atoms with Crippen LogP contribution < -0.4 is 14.2 Å². The lowest BCUT2D eigenvalue weighted by Crippen LogP contribution is -2.47. The molecule has 0 radical (unpaired) electrons. The lowest BCUT2D eigenvalue weighted by molar-refractivity contribution is -0.190. The highest BCUT2D eigenvalue weighted by atomic mass is 19.4. The summed E-state index contributed by atoms with van der Waals surface area (Å²) in [5, 5.41) is 9.79. The Kier molecular flexibility index (Phi) is 11.0. The number of benzene rings is 5. The van der Waals surface area contributed by atoms with Crippen LogP contribution >= 0.6 is 0 Å². The number of hydrogen-bond acceptors (Lipinski definition) is 6. The molecule has 1 fully saturated rings. The largest absolute Gasteiger partial charge is 0.508 e.